The van der Waals surface area contributed by atoms with Gasteiger partial charge in [0.2, 0.25) is 0 Å². The van der Waals surface area contributed by atoms with Crippen LogP contribution in [-0.4, -0.2) is 23.7 Å². The second-order valence-corrected chi connectivity index (χ2v) is 17.1. The highest BCUT2D eigenvalue weighted by atomic mass is 15.1. The van der Waals surface area contributed by atoms with Crippen LogP contribution in [-0.2, 0) is 0 Å². The van der Waals surface area contributed by atoms with E-state index in [2.05, 4.69) is 171 Å². The van der Waals surface area contributed by atoms with Gasteiger partial charge >= 0.3 is 0 Å². The summed E-state index contributed by atoms with van der Waals surface area (Å²) in [6, 6.07) is 60.5. The van der Waals surface area contributed by atoms with E-state index in [4.69, 9.17) is 18.2 Å². The summed E-state index contributed by atoms with van der Waals surface area (Å²) in [5.74, 6) is 0.246. The standard InChI is InChI=1S/C64H41N5/c1-3-20-42(21-4-1)44-24-19-25-45(38-44)53-41-54(66-64(65-53)43-22-5-2-6-23-43)46-39-61(67-55-32-13-7-26-47(55)48-27-8-14-33-56(48)67)63(69-59-36-17-11-30-51(59)52-31-12-18-37-60(52)69)62(40-46)68-57-34-15-9-28-49(57)50-29-10-16-35-58(50)68/h1-41H/i1D,3D,4D,19D,20D,21D,24D,25D,38D. The Labute approximate surface area is 410 Å². The van der Waals surface area contributed by atoms with Crippen molar-refractivity contribution < 1.29 is 12.3 Å². The summed E-state index contributed by atoms with van der Waals surface area (Å²) in [6.45, 7) is 0. The summed E-state index contributed by atoms with van der Waals surface area (Å²) < 4.78 is 87.7. The maximum absolute atomic E-state index is 9.81. The van der Waals surface area contributed by atoms with Crippen LogP contribution in [0.15, 0.2) is 249 Å². The van der Waals surface area contributed by atoms with Crippen LogP contribution in [0.3, 0.4) is 0 Å². The van der Waals surface area contributed by atoms with E-state index in [1.54, 1.807) is 6.07 Å². The molecule has 4 aromatic heterocycles. The molecule has 0 amide bonds. The monoisotopic (exact) mass is 888 g/mol. The molecule has 0 saturated carbocycles. The maximum Gasteiger partial charge on any atom is 0.160 e. The average molecular weight is 889 g/mol. The molecule has 0 N–H and O–H groups in total. The molecule has 14 rings (SSSR count). The SMILES string of the molecule is [2H]c1c([2H])c([2H])c(-c2c([2H])c([2H])c([2H])c(-c3cc(-c4cc(-n5c6ccccc6c6ccccc65)c(-n5c6ccccc6c6ccccc65)c(-n5c6ccccc6c6ccccc65)c4)nc(-c4ccccc4)n3)c2[2H])c([2H])c1[2H]. The Kier molecular flexibility index (Phi) is 6.99. The Balaban J connectivity index is 1.17. The van der Waals surface area contributed by atoms with E-state index in [9.17, 15) is 4.11 Å². The molecule has 5 heteroatoms. The Morgan fingerprint density at radius 2 is 0.681 bits per heavy atom. The lowest BCUT2D eigenvalue weighted by Crippen LogP contribution is -2.10. The number of rotatable bonds is 7. The number of hydrogen-bond acceptors (Lipinski definition) is 2. The number of benzene rings is 10. The third-order valence-corrected chi connectivity index (χ3v) is 13.2. The zero-order valence-corrected chi connectivity index (χ0v) is 36.7. The molecule has 0 aliphatic rings. The van der Waals surface area contributed by atoms with Gasteiger partial charge < -0.3 is 13.7 Å². The van der Waals surface area contributed by atoms with Crippen molar-refractivity contribution in [2.45, 2.75) is 0 Å². The lowest BCUT2D eigenvalue weighted by molar-refractivity contribution is 1.05. The third kappa shape index (κ3) is 6.18. The van der Waals surface area contributed by atoms with Crippen LogP contribution in [0.2, 0.25) is 0 Å². The lowest BCUT2D eigenvalue weighted by atomic mass is 10.00. The zero-order valence-electron chi connectivity index (χ0n) is 45.7. The van der Waals surface area contributed by atoms with Crippen molar-refractivity contribution in [3.05, 3.63) is 249 Å². The molecule has 0 aliphatic carbocycles. The molecule has 69 heavy (non-hydrogen) atoms. The lowest BCUT2D eigenvalue weighted by Gasteiger charge is -2.23. The molecule has 0 saturated heterocycles. The molecule has 0 radical (unpaired) electrons. The quantitative estimate of drug-likeness (QED) is 0.160. The van der Waals surface area contributed by atoms with Gasteiger partial charge in [0, 0.05) is 49.0 Å². The van der Waals surface area contributed by atoms with E-state index < -0.39 is 59.9 Å². The van der Waals surface area contributed by atoms with Gasteiger partial charge in [-0.1, -0.05) is 188 Å². The first-order valence-corrected chi connectivity index (χ1v) is 22.8. The van der Waals surface area contributed by atoms with Gasteiger partial charge in [-0.3, -0.25) is 0 Å². The van der Waals surface area contributed by atoms with Crippen LogP contribution in [0.1, 0.15) is 12.3 Å². The summed E-state index contributed by atoms with van der Waals surface area (Å²) in [5.41, 5.74) is 9.16. The minimum absolute atomic E-state index is 0.0688. The Hall–Kier alpha value is -9.32. The van der Waals surface area contributed by atoms with Crippen LogP contribution in [0.5, 0.6) is 0 Å². The predicted molar refractivity (Wildman–Crippen MR) is 287 cm³/mol. The van der Waals surface area contributed by atoms with Gasteiger partial charge in [0.05, 0.1) is 73.9 Å². The molecule has 10 aromatic carbocycles. The Morgan fingerprint density at radius 1 is 0.304 bits per heavy atom. The molecule has 0 atom stereocenters. The van der Waals surface area contributed by atoms with Gasteiger partial charge in [-0.15, -0.1) is 0 Å². The van der Waals surface area contributed by atoms with Crippen molar-refractivity contribution in [1.82, 2.24) is 23.7 Å². The second-order valence-electron chi connectivity index (χ2n) is 17.1. The van der Waals surface area contributed by atoms with Crippen LogP contribution in [0.4, 0.5) is 0 Å². The molecule has 0 unspecified atom stereocenters. The highest BCUT2D eigenvalue weighted by Crippen LogP contribution is 2.45. The van der Waals surface area contributed by atoms with Crippen molar-refractivity contribution in [2.75, 3.05) is 0 Å². The van der Waals surface area contributed by atoms with E-state index >= 15 is 0 Å². The molecular weight excluding hydrogens is 839 g/mol. The summed E-state index contributed by atoms with van der Waals surface area (Å²) in [6.07, 6.45) is 0. The van der Waals surface area contributed by atoms with E-state index in [0.717, 1.165) is 82.5 Å². The summed E-state index contributed by atoms with van der Waals surface area (Å²) in [5, 5.41) is 6.41. The smallest absolute Gasteiger partial charge is 0.160 e. The minimum Gasteiger partial charge on any atom is -0.307 e. The van der Waals surface area contributed by atoms with Crippen LogP contribution in [0.25, 0.3) is 128 Å². The minimum atomic E-state index is -0.647. The van der Waals surface area contributed by atoms with E-state index in [0.29, 0.717) is 16.8 Å². The Bertz CT molecular complexity index is 4540. The summed E-state index contributed by atoms with van der Waals surface area (Å²) in [4.78, 5) is 10.4. The molecule has 5 nitrogen and oxygen atoms in total. The first kappa shape index (κ1) is 30.8. The molecule has 14 aromatic rings. The van der Waals surface area contributed by atoms with Crippen molar-refractivity contribution >= 4 is 65.4 Å². The summed E-state index contributed by atoms with van der Waals surface area (Å²) in [7, 11) is 0. The molecule has 322 valence electrons. The number of fused-ring (bicyclic) bond motifs is 9. The van der Waals surface area contributed by atoms with E-state index in [1.165, 1.54) is 0 Å². The van der Waals surface area contributed by atoms with Gasteiger partial charge in [-0.05, 0) is 71.8 Å². The topological polar surface area (TPSA) is 40.6 Å². The van der Waals surface area contributed by atoms with Crippen molar-refractivity contribution in [1.29, 1.82) is 0 Å². The fourth-order valence-electron chi connectivity index (χ4n) is 10.3. The first-order valence-electron chi connectivity index (χ1n) is 27.3. The maximum atomic E-state index is 9.81. The number of aromatic nitrogens is 5. The van der Waals surface area contributed by atoms with E-state index in [-0.39, 0.29) is 22.6 Å². The number of nitrogens with zero attached hydrogens (tertiary/aromatic N) is 5. The highest BCUT2D eigenvalue weighted by Gasteiger charge is 2.27. The largest absolute Gasteiger partial charge is 0.307 e. The Morgan fingerprint density at radius 3 is 1.14 bits per heavy atom. The van der Waals surface area contributed by atoms with Gasteiger partial charge in [0.1, 0.15) is 0 Å². The molecule has 0 fully saturated rings. The highest BCUT2D eigenvalue weighted by molar-refractivity contribution is 6.14. The van der Waals surface area contributed by atoms with E-state index in [1.807, 2.05) is 30.3 Å². The van der Waals surface area contributed by atoms with Crippen molar-refractivity contribution in [3.63, 3.8) is 0 Å². The number of hydrogen-bond donors (Lipinski definition) is 0. The van der Waals surface area contributed by atoms with Gasteiger partial charge in [-0.25, -0.2) is 9.97 Å². The van der Waals surface area contributed by atoms with Crippen LogP contribution >= 0.6 is 0 Å². The fraction of sp³-hybridized carbons (Fsp3) is 0. The predicted octanol–water partition coefficient (Wildman–Crippen LogP) is 16.4. The van der Waals surface area contributed by atoms with Crippen molar-refractivity contribution in [3.8, 4) is 62.1 Å². The van der Waals surface area contributed by atoms with Crippen LogP contribution in [0, 0.1) is 0 Å². The molecule has 0 spiro atoms. The zero-order chi connectivity index (χ0) is 53.2. The average Bonchev–Trinajstić information content (AvgIpc) is 4.24. The van der Waals surface area contributed by atoms with Crippen LogP contribution < -0.4 is 0 Å². The molecule has 4 heterocycles. The van der Waals surface area contributed by atoms with Gasteiger partial charge in [0.15, 0.2) is 5.82 Å². The third-order valence-electron chi connectivity index (χ3n) is 13.2. The van der Waals surface area contributed by atoms with Gasteiger partial charge in [-0.2, -0.15) is 0 Å². The molecule has 0 bridgehead atoms. The normalized spacial score (nSPS) is 13.6. The summed E-state index contributed by atoms with van der Waals surface area (Å²) >= 11 is 0. The first-order chi connectivity index (χ1) is 38.0. The van der Waals surface area contributed by atoms with Crippen molar-refractivity contribution in [2.24, 2.45) is 0 Å². The second kappa shape index (κ2) is 15.7. The molecular formula is C64H41N5. The number of para-hydroxylation sites is 6. The fourth-order valence-corrected chi connectivity index (χ4v) is 10.3. The molecule has 0 aliphatic heterocycles. The van der Waals surface area contributed by atoms with Gasteiger partial charge in [0.25, 0.3) is 0 Å².